The lowest BCUT2D eigenvalue weighted by Gasteiger charge is -2.11. The number of benzene rings is 2. The number of amides is 1. The predicted octanol–water partition coefficient (Wildman–Crippen LogP) is 2.86. The van der Waals surface area contributed by atoms with Gasteiger partial charge in [0.05, 0.1) is 24.3 Å². The van der Waals surface area contributed by atoms with Crippen LogP contribution in [0.5, 0.6) is 5.75 Å². The molecule has 8 nitrogen and oxygen atoms in total. The number of nitrogens with one attached hydrogen (secondary N) is 2. The summed E-state index contributed by atoms with van der Waals surface area (Å²) in [7, 11) is 1.43. The number of rotatable bonds is 7. The minimum absolute atomic E-state index is 0.101. The van der Waals surface area contributed by atoms with Crippen molar-refractivity contribution in [2.45, 2.75) is 6.92 Å². The molecule has 2 N–H and O–H groups in total. The third kappa shape index (κ3) is 4.77. The molecule has 0 saturated heterocycles. The molecular formula is C17H17N3O5. The number of Topliss-reactive ketones (excluding diaryl/α,β-unsaturated/α-hetero) is 1. The van der Waals surface area contributed by atoms with E-state index in [1.165, 1.54) is 32.2 Å². The molecule has 0 radical (unpaired) electrons. The maximum atomic E-state index is 12.1. The Hall–Kier alpha value is -3.42. The number of hydrogen-bond donors (Lipinski definition) is 2. The SMILES string of the molecule is COc1ccc([N+](=O)[O-])cc1NCC(=O)Nc1cccc(C(C)=O)c1. The van der Waals surface area contributed by atoms with E-state index < -0.39 is 4.92 Å². The third-order valence-electron chi connectivity index (χ3n) is 3.39. The first-order valence-corrected chi connectivity index (χ1v) is 7.38. The Morgan fingerprint density at radius 1 is 1.20 bits per heavy atom. The molecule has 0 aliphatic rings. The number of nitro groups is 1. The number of carbonyl (C=O) groups excluding carboxylic acids is 2. The van der Waals surface area contributed by atoms with Crippen molar-refractivity contribution in [2.75, 3.05) is 24.3 Å². The molecule has 130 valence electrons. The van der Waals surface area contributed by atoms with Crippen LogP contribution in [0, 0.1) is 10.1 Å². The number of methoxy groups -OCH3 is 1. The fraction of sp³-hybridized carbons (Fsp3) is 0.176. The number of nitro benzene ring substituents is 1. The second-order valence-corrected chi connectivity index (χ2v) is 5.18. The Bertz CT molecular complexity index is 820. The van der Waals surface area contributed by atoms with Crippen LogP contribution in [0.15, 0.2) is 42.5 Å². The van der Waals surface area contributed by atoms with Gasteiger partial charge in [0.1, 0.15) is 5.75 Å². The number of anilines is 2. The monoisotopic (exact) mass is 343 g/mol. The van der Waals surface area contributed by atoms with E-state index in [-0.39, 0.29) is 23.9 Å². The largest absolute Gasteiger partial charge is 0.495 e. The molecule has 0 heterocycles. The molecule has 0 aliphatic carbocycles. The summed E-state index contributed by atoms with van der Waals surface area (Å²) in [6.07, 6.45) is 0. The van der Waals surface area contributed by atoms with E-state index in [4.69, 9.17) is 4.74 Å². The van der Waals surface area contributed by atoms with Crippen LogP contribution in [0.4, 0.5) is 17.1 Å². The average Bonchev–Trinajstić information content (AvgIpc) is 2.59. The Kier molecular flexibility index (Phi) is 5.67. The molecule has 2 rings (SSSR count). The number of hydrogen-bond acceptors (Lipinski definition) is 6. The summed E-state index contributed by atoms with van der Waals surface area (Å²) in [5.74, 6) is -0.0817. The summed E-state index contributed by atoms with van der Waals surface area (Å²) in [6, 6.07) is 10.6. The van der Waals surface area contributed by atoms with Gasteiger partial charge in [0.15, 0.2) is 5.78 Å². The Labute approximate surface area is 144 Å². The summed E-state index contributed by atoms with van der Waals surface area (Å²) in [5.41, 5.74) is 1.21. The number of non-ortho nitro benzene ring substituents is 1. The highest BCUT2D eigenvalue weighted by molar-refractivity contribution is 5.98. The van der Waals surface area contributed by atoms with Crippen molar-refractivity contribution in [2.24, 2.45) is 0 Å². The zero-order valence-corrected chi connectivity index (χ0v) is 13.7. The molecule has 1 amide bonds. The lowest BCUT2D eigenvalue weighted by atomic mass is 10.1. The molecular weight excluding hydrogens is 326 g/mol. The van der Waals surface area contributed by atoms with E-state index in [0.29, 0.717) is 22.7 Å². The fourth-order valence-corrected chi connectivity index (χ4v) is 2.14. The van der Waals surface area contributed by atoms with Crippen molar-refractivity contribution < 1.29 is 19.2 Å². The normalized spacial score (nSPS) is 10.0. The van der Waals surface area contributed by atoms with Crippen LogP contribution < -0.4 is 15.4 Å². The molecule has 0 atom stereocenters. The second kappa shape index (κ2) is 7.91. The smallest absolute Gasteiger partial charge is 0.271 e. The summed E-state index contributed by atoms with van der Waals surface area (Å²) >= 11 is 0. The van der Waals surface area contributed by atoms with Gasteiger partial charge in [0, 0.05) is 23.4 Å². The first-order chi connectivity index (χ1) is 11.9. The van der Waals surface area contributed by atoms with Crippen LogP contribution in [0.3, 0.4) is 0 Å². The van der Waals surface area contributed by atoms with Gasteiger partial charge in [-0.1, -0.05) is 12.1 Å². The Morgan fingerprint density at radius 3 is 2.60 bits per heavy atom. The number of nitrogens with zero attached hydrogens (tertiary/aromatic N) is 1. The molecule has 8 heteroatoms. The van der Waals surface area contributed by atoms with Crippen molar-refractivity contribution in [3.8, 4) is 5.75 Å². The summed E-state index contributed by atoms with van der Waals surface area (Å²) in [4.78, 5) is 33.7. The van der Waals surface area contributed by atoms with E-state index in [1.54, 1.807) is 24.3 Å². The van der Waals surface area contributed by atoms with Crippen molar-refractivity contribution in [3.05, 3.63) is 58.1 Å². The molecule has 0 spiro atoms. The first kappa shape index (κ1) is 17.9. The van der Waals surface area contributed by atoms with Crippen molar-refractivity contribution in [3.63, 3.8) is 0 Å². The maximum Gasteiger partial charge on any atom is 0.271 e. The number of ether oxygens (including phenoxy) is 1. The van der Waals surface area contributed by atoms with Crippen molar-refractivity contribution in [1.82, 2.24) is 0 Å². The highest BCUT2D eigenvalue weighted by Gasteiger charge is 2.12. The molecule has 2 aromatic rings. The lowest BCUT2D eigenvalue weighted by Crippen LogP contribution is -2.22. The molecule has 2 aromatic carbocycles. The van der Waals surface area contributed by atoms with Gasteiger partial charge in [-0.15, -0.1) is 0 Å². The molecule has 25 heavy (non-hydrogen) atoms. The molecule has 0 unspecified atom stereocenters. The Morgan fingerprint density at radius 2 is 1.96 bits per heavy atom. The van der Waals surface area contributed by atoms with Crippen LogP contribution in [-0.2, 0) is 4.79 Å². The second-order valence-electron chi connectivity index (χ2n) is 5.18. The van der Waals surface area contributed by atoms with E-state index in [1.807, 2.05) is 0 Å². The minimum atomic E-state index is -0.530. The fourth-order valence-electron chi connectivity index (χ4n) is 2.14. The van der Waals surface area contributed by atoms with Gasteiger partial charge in [0.2, 0.25) is 5.91 Å². The first-order valence-electron chi connectivity index (χ1n) is 7.38. The summed E-state index contributed by atoms with van der Waals surface area (Å²) in [5, 5.41) is 16.3. The lowest BCUT2D eigenvalue weighted by molar-refractivity contribution is -0.384. The van der Waals surface area contributed by atoms with Crippen molar-refractivity contribution >= 4 is 28.8 Å². The zero-order chi connectivity index (χ0) is 18.4. The van der Waals surface area contributed by atoms with Gasteiger partial charge >= 0.3 is 0 Å². The average molecular weight is 343 g/mol. The zero-order valence-electron chi connectivity index (χ0n) is 13.7. The van der Waals surface area contributed by atoms with Crippen molar-refractivity contribution in [1.29, 1.82) is 0 Å². The maximum absolute atomic E-state index is 12.1. The molecule has 0 aromatic heterocycles. The summed E-state index contributed by atoms with van der Waals surface area (Å²) < 4.78 is 5.12. The van der Waals surface area contributed by atoms with E-state index in [0.717, 1.165) is 0 Å². The number of carbonyl (C=O) groups is 2. The molecule has 0 aliphatic heterocycles. The molecule has 0 saturated carbocycles. The predicted molar refractivity (Wildman–Crippen MR) is 93.2 cm³/mol. The van der Waals surface area contributed by atoms with Crippen LogP contribution in [0.1, 0.15) is 17.3 Å². The van der Waals surface area contributed by atoms with Crippen LogP contribution in [0.25, 0.3) is 0 Å². The molecule has 0 fully saturated rings. The topological polar surface area (TPSA) is 111 Å². The minimum Gasteiger partial charge on any atom is -0.495 e. The van der Waals surface area contributed by atoms with Gasteiger partial charge in [0.25, 0.3) is 5.69 Å². The van der Waals surface area contributed by atoms with Crippen LogP contribution in [-0.4, -0.2) is 30.3 Å². The third-order valence-corrected chi connectivity index (χ3v) is 3.39. The van der Waals surface area contributed by atoms with Gasteiger partial charge in [-0.3, -0.25) is 19.7 Å². The van der Waals surface area contributed by atoms with Gasteiger partial charge in [-0.2, -0.15) is 0 Å². The summed E-state index contributed by atoms with van der Waals surface area (Å²) in [6.45, 7) is 1.32. The Balaban J connectivity index is 2.05. The highest BCUT2D eigenvalue weighted by atomic mass is 16.6. The van der Waals surface area contributed by atoms with E-state index in [9.17, 15) is 19.7 Å². The molecule has 0 bridgehead atoms. The van der Waals surface area contributed by atoms with Gasteiger partial charge < -0.3 is 15.4 Å². The van der Waals surface area contributed by atoms with Gasteiger partial charge in [-0.25, -0.2) is 0 Å². The van der Waals surface area contributed by atoms with Crippen LogP contribution >= 0.6 is 0 Å². The van der Waals surface area contributed by atoms with E-state index >= 15 is 0 Å². The standard InChI is InChI=1S/C17H17N3O5/c1-11(21)12-4-3-5-13(8-12)19-17(22)10-18-15-9-14(20(23)24)6-7-16(15)25-2/h3-9,18H,10H2,1-2H3,(H,19,22). The van der Waals surface area contributed by atoms with Crippen LogP contribution in [0.2, 0.25) is 0 Å². The quantitative estimate of drug-likeness (QED) is 0.454. The highest BCUT2D eigenvalue weighted by Crippen LogP contribution is 2.28. The van der Waals surface area contributed by atoms with Gasteiger partial charge in [-0.05, 0) is 25.1 Å². The van der Waals surface area contributed by atoms with E-state index in [2.05, 4.69) is 10.6 Å². The number of ketones is 1.